The third-order valence-electron chi connectivity index (χ3n) is 11.9. The molecule has 0 saturated carbocycles. The molecule has 0 fully saturated rings. The summed E-state index contributed by atoms with van der Waals surface area (Å²) in [5.41, 5.74) is 0. The number of hydrogen-bond acceptors (Lipinski definition) is 5. The van der Waals surface area contributed by atoms with E-state index in [2.05, 4.69) is 111 Å². The highest BCUT2D eigenvalue weighted by atomic mass is 16.6. The zero-order valence-corrected chi connectivity index (χ0v) is 43.2. The highest BCUT2D eigenvalue weighted by molar-refractivity contribution is 5.70. The van der Waals surface area contributed by atoms with E-state index in [1.165, 1.54) is 135 Å². The highest BCUT2D eigenvalue weighted by Crippen LogP contribution is 2.16. The van der Waals surface area contributed by atoms with Gasteiger partial charge in [-0.3, -0.25) is 9.59 Å². The normalized spacial score (nSPS) is 13.0. The maximum Gasteiger partial charge on any atom is 0.306 e. The summed E-state index contributed by atoms with van der Waals surface area (Å²) in [5, 5.41) is 9.64. The summed E-state index contributed by atoms with van der Waals surface area (Å²) in [7, 11) is 0. The smallest absolute Gasteiger partial charge is 0.306 e. The van der Waals surface area contributed by atoms with Crippen LogP contribution in [0.4, 0.5) is 0 Å². The molecule has 0 aromatic rings. The van der Waals surface area contributed by atoms with Crippen LogP contribution in [0.25, 0.3) is 0 Å². The van der Waals surface area contributed by atoms with Gasteiger partial charge in [0.25, 0.3) is 0 Å². The van der Waals surface area contributed by atoms with Gasteiger partial charge in [-0.2, -0.15) is 0 Å². The lowest BCUT2D eigenvalue weighted by atomic mass is 10.0. The van der Waals surface area contributed by atoms with Gasteiger partial charge in [0.05, 0.1) is 6.61 Å². The minimum Gasteiger partial charge on any atom is -0.462 e. The molecule has 1 N–H and O–H groups in total. The van der Waals surface area contributed by atoms with Crippen molar-refractivity contribution in [3.8, 4) is 0 Å². The van der Waals surface area contributed by atoms with E-state index in [0.717, 1.165) is 96.3 Å². The van der Waals surface area contributed by atoms with Gasteiger partial charge in [-0.15, -0.1) is 0 Å². The van der Waals surface area contributed by atoms with E-state index >= 15 is 0 Å². The number of aliphatic hydroxyl groups is 1. The van der Waals surface area contributed by atoms with Crippen molar-refractivity contribution in [1.82, 2.24) is 0 Å². The molecule has 1 atom stereocenters. The lowest BCUT2D eigenvalue weighted by molar-refractivity contribution is -0.161. The molecule has 0 radical (unpaired) electrons. The molecule has 0 aromatic heterocycles. The molecule has 0 aromatic carbocycles. The van der Waals surface area contributed by atoms with Crippen LogP contribution >= 0.6 is 0 Å². The Balaban J connectivity index is 3.53. The summed E-state index contributed by atoms with van der Waals surface area (Å²) in [6, 6.07) is 0. The van der Waals surface area contributed by atoms with Crippen molar-refractivity contribution >= 4 is 11.9 Å². The fraction of sp³-hybridized carbons (Fsp3) is 0.705. The van der Waals surface area contributed by atoms with Crippen molar-refractivity contribution in [2.75, 3.05) is 13.2 Å². The van der Waals surface area contributed by atoms with Gasteiger partial charge in [0.1, 0.15) is 6.61 Å². The van der Waals surface area contributed by atoms with E-state index in [1.807, 2.05) is 0 Å². The van der Waals surface area contributed by atoms with Crippen molar-refractivity contribution in [3.05, 3.63) is 97.2 Å². The Hall–Kier alpha value is -3.18. The van der Waals surface area contributed by atoms with Crippen LogP contribution in [0.15, 0.2) is 97.2 Å². The summed E-state index contributed by atoms with van der Waals surface area (Å²) >= 11 is 0. The van der Waals surface area contributed by atoms with Crippen LogP contribution in [-0.4, -0.2) is 36.4 Å². The number of ether oxygens (including phenoxy) is 2. The van der Waals surface area contributed by atoms with E-state index in [4.69, 9.17) is 9.47 Å². The second-order valence-corrected chi connectivity index (χ2v) is 18.3. The first kappa shape index (κ1) is 62.8. The predicted molar refractivity (Wildman–Crippen MR) is 288 cm³/mol. The lowest BCUT2D eigenvalue weighted by Gasteiger charge is -2.15. The largest absolute Gasteiger partial charge is 0.462 e. The van der Waals surface area contributed by atoms with Gasteiger partial charge in [-0.25, -0.2) is 0 Å². The van der Waals surface area contributed by atoms with E-state index in [0.29, 0.717) is 12.8 Å². The summed E-state index contributed by atoms with van der Waals surface area (Å²) in [5.74, 6) is -0.618. The number of esters is 2. The van der Waals surface area contributed by atoms with Gasteiger partial charge in [0.2, 0.25) is 0 Å². The van der Waals surface area contributed by atoms with Crippen LogP contribution in [0, 0.1) is 0 Å². The molecule has 5 heteroatoms. The third kappa shape index (κ3) is 53.4. The topological polar surface area (TPSA) is 72.8 Å². The molecule has 0 saturated heterocycles. The standard InChI is InChI=1S/C61H104O5/c1-3-5-7-9-11-13-15-17-19-21-23-25-27-28-29-30-31-32-34-35-37-39-41-43-45-47-49-51-53-55-60(63)65-58-59(57-62)66-61(64)56-54-52-50-48-46-44-42-40-38-36-33-26-24-22-20-18-16-14-12-10-8-6-4-2/h6,8,12,14-15,17-18,20-21,23-24,26,36,38,42,44,59,62H,3-5,7,9-11,13,16,19,22,25,27-35,37,39-41,43,45-58H2,1-2H3/b8-6-,14-12-,17-15-,20-18-,23-21-,26-24-,38-36-,44-42-. The zero-order chi connectivity index (χ0) is 47.7. The van der Waals surface area contributed by atoms with E-state index in [9.17, 15) is 14.7 Å². The number of hydrogen-bond donors (Lipinski definition) is 1. The zero-order valence-electron chi connectivity index (χ0n) is 43.2. The van der Waals surface area contributed by atoms with Gasteiger partial charge >= 0.3 is 11.9 Å². The molecule has 0 aliphatic carbocycles. The molecular weight excluding hydrogens is 813 g/mol. The monoisotopic (exact) mass is 917 g/mol. The Labute approximate surface area is 408 Å². The minimum atomic E-state index is -0.792. The number of rotatable bonds is 50. The quantitative estimate of drug-likeness (QED) is 0.0374. The summed E-state index contributed by atoms with van der Waals surface area (Å²) in [4.78, 5) is 24.5. The first-order valence-corrected chi connectivity index (χ1v) is 27.8. The molecule has 0 bridgehead atoms. The van der Waals surface area contributed by atoms with Crippen LogP contribution < -0.4 is 0 Å². The van der Waals surface area contributed by atoms with Crippen molar-refractivity contribution in [2.24, 2.45) is 0 Å². The van der Waals surface area contributed by atoms with E-state index in [1.54, 1.807) is 0 Å². The van der Waals surface area contributed by atoms with Gasteiger partial charge in [0, 0.05) is 12.8 Å². The van der Waals surface area contributed by atoms with Gasteiger partial charge in [-0.1, -0.05) is 246 Å². The molecule has 1 unspecified atom stereocenters. The molecule has 0 amide bonds. The SMILES string of the molecule is CC/C=C\C/C=C\C/C=C\C/C=C\C/C=C\C/C=C\CCCCCCC(=O)OC(CO)COC(=O)CCCCCCCCCCCCCCCCCCC/C=C\C/C=C\CCCCCCC. The molecule has 0 aliphatic rings. The van der Waals surface area contributed by atoms with Crippen molar-refractivity contribution < 1.29 is 24.2 Å². The third-order valence-corrected chi connectivity index (χ3v) is 11.9. The van der Waals surface area contributed by atoms with Crippen LogP contribution in [0.5, 0.6) is 0 Å². The Bertz CT molecular complexity index is 1270. The summed E-state index contributed by atoms with van der Waals surface area (Å²) in [6.07, 6.45) is 79.4. The Morgan fingerprint density at radius 3 is 0.985 bits per heavy atom. The average Bonchev–Trinajstić information content (AvgIpc) is 3.32. The minimum absolute atomic E-state index is 0.0800. The van der Waals surface area contributed by atoms with Crippen molar-refractivity contribution in [1.29, 1.82) is 0 Å². The number of carbonyl (C=O) groups excluding carboxylic acids is 2. The first-order chi connectivity index (χ1) is 32.6. The van der Waals surface area contributed by atoms with Gasteiger partial charge in [0.15, 0.2) is 6.10 Å². The second-order valence-electron chi connectivity index (χ2n) is 18.3. The number of allylic oxidation sites excluding steroid dienone is 16. The lowest BCUT2D eigenvalue weighted by Crippen LogP contribution is -2.28. The average molecular weight is 917 g/mol. The van der Waals surface area contributed by atoms with Crippen LogP contribution in [0.3, 0.4) is 0 Å². The fourth-order valence-corrected chi connectivity index (χ4v) is 7.71. The molecule has 66 heavy (non-hydrogen) atoms. The Morgan fingerprint density at radius 2 is 0.652 bits per heavy atom. The Kier molecular flexibility index (Phi) is 53.4. The maximum absolute atomic E-state index is 12.3. The number of aliphatic hydroxyl groups excluding tert-OH is 1. The van der Waals surface area contributed by atoms with Crippen molar-refractivity contribution in [3.63, 3.8) is 0 Å². The highest BCUT2D eigenvalue weighted by Gasteiger charge is 2.16. The van der Waals surface area contributed by atoms with E-state index in [-0.39, 0.29) is 25.2 Å². The van der Waals surface area contributed by atoms with Crippen LogP contribution in [0.1, 0.15) is 258 Å². The van der Waals surface area contributed by atoms with Crippen LogP contribution in [-0.2, 0) is 19.1 Å². The van der Waals surface area contributed by atoms with Crippen molar-refractivity contribution in [2.45, 2.75) is 264 Å². The second kappa shape index (κ2) is 56.1. The molecule has 0 spiro atoms. The van der Waals surface area contributed by atoms with Crippen LogP contribution in [0.2, 0.25) is 0 Å². The van der Waals surface area contributed by atoms with Gasteiger partial charge < -0.3 is 14.6 Å². The Morgan fingerprint density at radius 1 is 0.364 bits per heavy atom. The molecule has 5 nitrogen and oxygen atoms in total. The summed E-state index contributed by atoms with van der Waals surface area (Å²) < 4.78 is 10.7. The van der Waals surface area contributed by atoms with Gasteiger partial charge in [-0.05, 0) is 96.3 Å². The molecule has 378 valence electrons. The summed E-state index contributed by atoms with van der Waals surface area (Å²) in [6.45, 7) is 4.01. The first-order valence-electron chi connectivity index (χ1n) is 27.8. The molecular formula is C61H104O5. The molecule has 0 heterocycles. The number of carbonyl (C=O) groups is 2. The number of unbranched alkanes of at least 4 members (excludes halogenated alkanes) is 26. The molecule has 0 aliphatic heterocycles. The fourth-order valence-electron chi connectivity index (χ4n) is 7.71. The maximum atomic E-state index is 12.3. The predicted octanol–water partition coefficient (Wildman–Crippen LogP) is 18.7. The molecule has 0 rings (SSSR count). The van der Waals surface area contributed by atoms with E-state index < -0.39 is 6.10 Å².